The zero-order valence-electron chi connectivity index (χ0n) is 11.5. The fourth-order valence-corrected chi connectivity index (χ4v) is 2.92. The molecule has 100 valence electrons. The number of hydrogen-bond donors (Lipinski definition) is 2. The van der Waals surface area contributed by atoms with Gasteiger partial charge in [0.05, 0.1) is 0 Å². The van der Waals surface area contributed by atoms with Crippen molar-refractivity contribution in [2.45, 2.75) is 51.1 Å². The van der Waals surface area contributed by atoms with Crippen molar-refractivity contribution in [1.82, 2.24) is 5.32 Å². The first-order valence-electron chi connectivity index (χ1n) is 7.23. The van der Waals surface area contributed by atoms with Crippen molar-refractivity contribution >= 4 is 0 Å². The van der Waals surface area contributed by atoms with Crippen LogP contribution in [-0.2, 0) is 6.54 Å². The molecule has 2 atom stereocenters. The molecule has 1 aromatic carbocycles. The summed E-state index contributed by atoms with van der Waals surface area (Å²) in [6.07, 6.45) is 6.41. The molecular formula is C16H26N2. The van der Waals surface area contributed by atoms with Gasteiger partial charge in [0.2, 0.25) is 0 Å². The van der Waals surface area contributed by atoms with Crippen molar-refractivity contribution in [3.05, 3.63) is 35.9 Å². The van der Waals surface area contributed by atoms with E-state index in [-0.39, 0.29) is 5.54 Å². The van der Waals surface area contributed by atoms with E-state index in [0.29, 0.717) is 0 Å². The van der Waals surface area contributed by atoms with Crippen LogP contribution in [0.5, 0.6) is 0 Å². The number of benzene rings is 1. The van der Waals surface area contributed by atoms with E-state index in [9.17, 15) is 0 Å². The molecule has 2 unspecified atom stereocenters. The lowest BCUT2D eigenvalue weighted by Crippen LogP contribution is -2.50. The first-order chi connectivity index (χ1) is 8.74. The van der Waals surface area contributed by atoms with Gasteiger partial charge in [-0.05, 0) is 30.7 Å². The Morgan fingerprint density at radius 3 is 2.72 bits per heavy atom. The molecule has 2 rings (SSSR count). The molecule has 3 N–H and O–H groups in total. The first-order valence-corrected chi connectivity index (χ1v) is 7.23. The van der Waals surface area contributed by atoms with Gasteiger partial charge in [0, 0.05) is 18.6 Å². The van der Waals surface area contributed by atoms with Gasteiger partial charge < -0.3 is 11.1 Å². The van der Waals surface area contributed by atoms with Crippen LogP contribution < -0.4 is 11.1 Å². The van der Waals surface area contributed by atoms with E-state index in [1.807, 2.05) is 0 Å². The molecule has 0 saturated heterocycles. The Morgan fingerprint density at radius 1 is 1.22 bits per heavy atom. The summed E-state index contributed by atoms with van der Waals surface area (Å²) in [5.41, 5.74) is 7.57. The van der Waals surface area contributed by atoms with Gasteiger partial charge in [-0.1, -0.05) is 50.1 Å². The SMILES string of the molecule is CC1CCCC(CN)(NCc2ccccc2)CC1. The van der Waals surface area contributed by atoms with Crippen LogP contribution in [0.25, 0.3) is 0 Å². The zero-order chi connectivity index (χ0) is 12.8. The van der Waals surface area contributed by atoms with Crippen molar-refractivity contribution < 1.29 is 0 Å². The highest BCUT2D eigenvalue weighted by atomic mass is 15.0. The smallest absolute Gasteiger partial charge is 0.0307 e. The van der Waals surface area contributed by atoms with Gasteiger partial charge in [-0.25, -0.2) is 0 Å². The van der Waals surface area contributed by atoms with Crippen molar-refractivity contribution in [2.24, 2.45) is 11.7 Å². The monoisotopic (exact) mass is 246 g/mol. The molecule has 0 aliphatic heterocycles. The Hall–Kier alpha value is -0.860. The summed E-state index contributed by atoms with van der Waals surface area (Å²) < 4.78 is 0. The average Bonchev–Trinajstić information content (AvgIpc) is 2.61. The standard InChI is InChI=1S/C16H26N2/c1-14-6-5-10-16(13-17,11-9-14)18-12-15-7-3-2-4-8-15/h2-4,7-8,14,18H,5-6,9-13,17H2,1H3. The van der Waals surface area contributed by atoms with Gasteiger partial charge in [0.15, 0.2) is 0 Å². The maximum Gasteiger partial charge on any atom is 0.0307 e. The highest BCUT2D eigenvalue weighted by Gasteiger charge is 2.30. The maximum atomic E-state index is 6.05. The minimum absolute atomic E-state index is 0.167. The van der Waals surface area contributed by atoms with Crippen LogP contribution in [0.1, 0.15) is 44.6 Å². The summed E-state index contributed by atoms with van der Waals surface area (Å²) in [4.78, 5) is 0. The largest absolute Gasteiger partial charge is 0.329 e. The minimum atomic E-state index is 0.167. The minimum Gasteiger partial charge on any atom is -0.329 e. The van der Waals surface area contributed by atoms with Crippen molar-refractivity contribution in [3.63, 3.8) is 0 Å². The Kier molecular flexibility index (Phi) is 4.79. The third-order valence-corrected chi connectivity index (χ3v) is 4.37. The van der Waals surface area contributed by atoms with Gasteiger partial charge in [-0.2, -0.15) is 0 Å². The molecule has 1 fully saturated rings. The van der Waals surface area contributed by atoms with E-state index < -0.39 is 0 Å². The number of hydrogen-bond acceptors (Lipinski definition) is 2. The molecule has 1 aliphatic rings. The third-order valence-electron chi connectivity index (χ3n) is 4.37. The topological polar surface area (TPSA) is 38.0 Å². The molecule has 0 radical (unpaired) electrons. The second-order valence-corrected chi connectivity index (χ2v) is 5.86. The summed E-state index contributed by atoms with van der Waals surface area (Å²) in [5.74, 6) is 0.858. The van der Waals surface area contributed by atoms with Crippen molar-refractivity contribution in [1.29, 1.82) is 0 Å². The predicted octanol–water partition coefficient (Wildman–Crippen LogP) is 3.07. The summed E-state index contributed by atoms with van der Waals surface area (Å²) in [7, 11) is 0. The second-order valence-electron chi connectivity index (χ2n) is 5.86. The number of rotatable bonds is 4. The van der Waals surface area contributed by atoms with Crippen LogP contribution >= 0.6 is 0 Å². The van der Waals surface area contributed by atoms with Gasteiger partial charge >= 0.3 is 0 Å². The maximum absolute atomic E-state index is 6.05. The number of nitrogens with two attached hydrogens (primary N) is 1. The van der Waals surface area contributed by atoms with Crippen molar-refractivity contribution in [3.8, 4) is 0 Å². The Morgan fingerprint density at radius 2 is 2.00 bits per heavy atom. The predicted molar refractivity (Wildman–Crippen MR) is 77.3 cm³/mol. The average molecular weight is 246 g/mol. The van der Waals surface area contributed by atoms with E-state index in [4.69, 9.17) is 5.73 Å². The lowest BCUT2D eigenvalue weighted by atomic mass is 9.89. The Balaban J connectivity index is 1.95. The lowest BCUT2D eigenvalue weighted by molar-refractivity contribution is 0.287. The summed E-state index contributed by atoms with van der Waals surface area (Å²) in [5, 5.41) is 3.74. The van der Waals surface area contributed by atoms with E-state index in [1.54, 1.807) is 0 Å². The molecule has 1 aliphatic carbocycles. The third kappa shape index (κ3) is 3.56. The van der Waals surface area contributed by atoms with Crippen LogP contribution in [0.15, 0.2) is 30.3 Å². The molecule has 0 aromatic heterocycles. The number of nitrogens with one attached hydrogen (secondary N) is 1. The van der Waals surface area contributed by atoms with Crippen molar-refractivity contribution in [2.75, 3.05) is 6.54 Å². The highest BCUT2D eigenvalue weighted by molar-refractivity contribution is 5.14. The van der Waals surface area contributed by atoms with Gasteiger partial charge in [0.1, 0.15) is 0 Å². The Bertz CT molecular complexity index is 349. The van der Waals surface area contributed by atoms with Crippen LogP contribution in [0.2, 0.25) is 0 Å². The van der Waals surface area contributed by atoms with Crippen LogP contribution in [0.4, 0.5) is 0 Å². The quantitative estimate of drug-likeness (QED) is 0.801. The molecule has 0 spiro atoms. The molecule has 1 aromatic rings. The van der Waals surface area contributed by atoms with E-state index in [2.05, 4.69) is 42.6 Å². The molecule has 18 heavy (non-hydrogen) atoms. The van der Waals surface area contributed by atoms with Gasteiger partial charge in [-0.15, -0.1) is 0 Å². The Labute approximate surface area is 111 Å². The zero-order valence-corrected chi connectivity index (χ0v) is 11.5. The second kappa shape index (κ2) is 6.35. The molecule has 0 bridgehead atoms. The van der Waals surface area contributed by atoms with Crippen LogP contribution in [-0.4, -0.2) is 12.1 Å². The molecule has 0 amide bonds. The van der Waals surface area contributed by atoms with Gasteiger partial charge in [0.25, 0.3) is 0 Å². The van der Waals surface area contributed by atoms with E-state index in [1.165, 1.54) is 37.7 Å². The summed E-state index contributed by atoms with van der Waals surface area (Å²) in [6, 6.07) is 10.6. The van der Waals surface area contributed by atoms with Gasteiger partial charge in [-0.3, -0.25) is 0 Å². The summed E-state index contributed by atoms with van der Waals surface area (Å²) in [6.45, 7) is 4.06. The molecular weight excluding hydrogens is 220 g/mol. The molecule has 2 heteroatoms. The normalized spacial score (nSPS) is 28.9. The van der Waals surface area contributed by atoms with E-state index >= 15 is 0 Å². The fraction of sp³-hybridized carbons (Fsp3) is 0.625. The fourth-order valence-electron chi connectivity index (χ4n) is 2.92. The molecule has 0 heterocycles. The molecule has 1 saturated carbocycles. The summed E-state index contributed by atoms with van der Waals surface area (Å²) >= 11 is 0. The van der Waals surface area contributed by atoms with E-state index in [0.717, 1.165) is 19.0 Å². The van der Waals surface area contributed by atoms with Crippen LogP contribution in [0.3, 0.4) is 0 Å². The van der Waals surface area contributed by atoms with Crippen LogP contribution in [0, 0.1) is 5.92 Å². The molecule has 2 nitrogen and oxygen atoms in total. The lowest BCUT2D eigenvalue weighted by Gasteiger charge is -2.33. The highest BCUT2D eigenvalue weighted by Crippen LogP contribution is 2.29. The first kappa shape index (κ1) is 13.6.